The number of anilines is 1. The molecule has 7 heteroatoms. The second-order valence-electron chi connectivity index (χ2n) is 5.98. The fraction of sp³-hybridized carbons (Fsp3) is 0.500. The number of carbonyl (C=O) groups excluding carboxylic acids is 2. The number of carbonyl (C=O) groups is 2. The summed E-state index contributed by atoms with van der Waals surface area (Å²) in [5, 5.41) is 2.80. The Hall–Kier alpha value is -2.02. The maximum absolute atomic E-state index is 13.3. The van der Waals surface area contributed by atoms with Gasteiger partial charge in [0.25, 0.3) is 0 Å². The first-order chi connectivity index (χ1) is 10.9. The van der Waals surface area contributed by atoms with Crippen LogP contribution in [0.2, 0.25) is 0 Å². The molecule has 5 nitrogen and oxygen atoms in total. The molecule has 0 radical (unpaired) electrons. The molecule has 2 rings (SSSR count). The van der Waals surface area contributed by atoms with Gasteiger partial charge >= 0.3 is 0 Å². The van der Waals surface area contributed by atoms with Gasteiger partial charge in [0.2, 0.25) is 11.8 Å². The number of rotatable bonds is 6. The van der Waals surface area contributed by atoms with Crippen LogP contribution in [-0.2, 0) is 9.59 Å². The highest BCUT2D eigenvalue weighted by Crippen LogP contribution is 2.26. The molecule has 1 aliphatic heterocycles. The molecule has 0 saturated carbocycles. The zero-order chi connectivity index (χ0) is 17.0. The van der Waals surface area contributed by atoms with E-state index in [1.165, 1.54) is 4.90 Å². The number of nitrogens with one attached hydrogen (secondary N) is 1. The number of benzene rings is 1. The van der Waals surface area contributed by atoms with Gasteiger partial charge in [-0.1, -0.05) is 0 Å². The monoisotopic (exact) mass is 325 g/mol. The van der Waals surface area contributed by atoms with Gasteiger partial charge in [0, 0.05) is 31.3 Å². The Bertz CT molecular complexity index is 572. The summed E-state index contributed by atoms with van der Waals surface area (Å²) in [5.74, 6) is -2.48. The highest BCUT2D eigenvalue weighted by molar-refractivity contribution is 6.00. The molecule has 0 aromatic heterocycles. The van der Waals surface area contributed by atoms with E-state index in [-0.39, 0.29) is 30.5 Å². The number of hydrogen-bond donors (Lipinski definition) is 1. The van der Waals surface area contributed by atoms with Crippen LogP contribution in [0.5, 0.6) is 0 Å². The second kappa shape index (κ2) is 7.50. The largest absolute Gasteiger partial charge is 0.356 e. The van der Waals surface area contributed by atoms with Gasteiger partial charge in [0.05, 0.1) is 5.92 Å². The summed E-state index contributed by atoms with van der Waals surface area (Å²) in [7, 11) is 3.90. The Balaban J connectivity index is 1.92. The van der Waals surface area contributed by atoms with E-state index >= 15 is 0 Å². The van der Waals surface area contributed by atoms with Gasteiger partial charge in [0.1, 0.15) is 11.6 Å². The van der Waals surface area contributed by atoms with Crippen LogP contribution < -0.4 is 10.2 Å². The predicted molar refractivity (Wildman–Crippen MR) is 83.0 cm³/mol. The topological polar surface area (TPSA) is 52.7 Å². The van der Waals surface area contributed by atoms with Gasteiger partial charge in [-0.05, 0) is 39.2 Å². The molecule has 1 heterocycles. The molecule has 2 amide bonds. The van der Waals surface area contributed by atoms with Crippen molar-refractivity contribution >= 4 is 17.5 Å². The van der Waals surface area contributed by atoms with Crippen LogP contribution in [-0.4, -0.2) is 50.4 Å². The second-order valence-corrected chi connectivity index (χ2v) is 5.98. The lowest BCUT2D eigenvalue weighted by molar-refractivity contribution is -0.126. The first-order valence-corrected chi connectivity index (χ1v) is 7.55. The Morgan fingerprint density at radius 2 is 1.96 bits per heavy atom. The Kier molecular flexibility index (Phi) is 5.65. The minimum Gasteiger partial charge on any atom is -0.356 e. The van der Waals surface area contributed by atoms with E-state index in [9.17, 15) is 18.4 Å². The lowest BCUT2D eigenvalue weighted by Crippen LogP contribution is -2.34. The summed E-state index contributed by atoms with van der Waals surface area (Å²) >= 11 is 0. The van der Waals surface area contributed by atoms with Crippen LogP contribution in [0, 0.1) is 17.6 Å². The quantitative estimate of drug-likeness (QED) is 0.804. The van der Waals surface area contributed by atoms with E-state index in [0.717, 1.165) is 31.2 Å². The predicted octanol–water partition coefficient (Wildman–Crippen LogP) is 1.39. The van der Waals surface area contributed by atoms with Crippen molar-refractivity contribution in [3.63, 3.8) is 0 Å². The number of nitrogens with zero attached hydrogens (tertiary/aromatic N) is 2. The van der Waals surface area contributed by atoms with E-state index in [0.29, 0.717) is 6.54 Å². The summed E-state index contributed by atoms with van der Waals surface area (Å²) in [4.78, 5) is 27.4. The fourth-order valence-corrected chi connectivity index (χ4v) is 2.58. The molecule has 1 unspecified atom stereocenters. The highest BCUT2D eigenvalue weighted by Gasteiger charge is 2.35. The summed E-state index contributed by atoms with van der Waals surface area (Å²) in [6.07, 6.45) is 0.871. The average molecular weight is 325 g/mol. The Morgan fingerprint density at radius 3 is 2.57 bits per heavy atom. The molecule has 126 valence electrons. The van der Waals surface area contributed by atoms with Gasteiger partial charge in [-0.3, -0.25) is 9.59 Å². The zero-order valence-corrected chi connectivity index (χ0v) is 13.3. The maximum Gasteiger partial charge on any atom is 0.227 e. The van der Waals surface area contributed by atoms with Crippen molar-refractivity contribution in [3.05, 3.63) is 29.8 Å². The van der Waals surface area contributed by atoms with E-state index in [1.54, 1.807) is 0 Å². The van der Waals surface area contributed by atoms with Crippen LogP contribution in [0.1, 0.15) is 12.8 Å². The average Bonchev–Trinajstić information content (AvgIpc) is 2.84. The Labute approximate surface area is 134 Å². The van der Waals surface area contributed by atoms with E-state index in [2.05, 4.69) is 5.32 Å². The van der Waals surface area contributed by atoms with Crippen molar-refractivity contribution in [2.45, 2.75) is 12.8 Å². The van der Waals surface area contributed by atoms with Crippen molar-refractivity contribution in [1.82, 2.24) is 10.2 Å². The molecule has 1 saturated heterocycles. The molecular weight excluding hydrogens is 304 g/mol. The lowest BCUT2D eigenvalue weighted by Gasteiger charge is -2.17. The van der Waals surface area contributed by atoms with Gasteiger partial charge in [0.15, 0.2) is 0 Å². The third kappa shape index (κ3) is 4.72. The van der Waals surface area contributed by atoms with Crippen LogP contribution in [0.25, 0.3) is 0 Å². The molecule has 0 bridgehead atoms. The zero-order valence-electron chi connectivity index (χ0n) is 13.3. The smallest absolute Gasteiger partial charge is 0.227 e. The molecule has 1 aromatic carbocycles. The van der Waals surface area contributed by atoms with Crippen molar-refractivity contribution in [2.75, 3.05) is 38.6 Å². The van der Waals surface area contributed by atoms with Gasteiger partial charge in [-0.15, -0.1) is 0 Å². The fourth-order valence-electron chi connectivity index (χ4n) is 2.58. The molecule has 0 spiro atoms. The van der Waals surface area contributed by atoms with Gasteiger partial charge < -0.3 is 15.1 Å². The molecular formula is C16H21F2N3O2. The maximum atomic E-state index is 13.3. The highest BCUT2D eigenvalue weighted by atomic mass is 19.1. The van der Waals surface area contributed by atoms with Crippen LogP contribution in [0.15, 0.2) is 18.2 Å². The van der Waals surface area contributed by atoms with E-state index in [4.69, 9.17) is 0 Å². The van der Waals surface area contributed by atoms with E-state index in [1.807, 2.05) is 19.0 Å². The summed E-state index contributed by atoms with van der Waals surface area (Å²) < 4.78 is 26.5. The third-order valence-electron chi connectivity index (χ3n) is 3.74. The number of hydrogen-bond acceptors (Lipinski definition) is 3. The SMILES string of the molecule is CN(C)CCCNC(=O)C1CC(=O)N(c2cc(F)cc(F)c2)C1. The van der Waals surface area contributed by atoms with Crippen molar-refractivity contribution < 1.29 is 18.4 Å². The molecule has 1 aliphatic rings. The lowest BCUT2D eigenvalue weighted by atomic mass is 10.1. The minimum atomic E-state index is -0.746. The molecule has 0 aliphatic carbocycles. The molecule has 1 atom stereocenters. The van der Waals surface area contributed by atoms with Gasteiger partial charge in [-0.2, -0.15) is 0 Å². The Morgan fingerprint density at radius 1 is 1.30 bits per heavy atom. The molecule has 23 heavy (non-hydrogen) atoms. The van der Waals surface area contributed by atoms with Crippen LogP contribution in [0.3, 0.4) is 0 Å². The molecule has 1 aromatic rings. The standard InChI is InChI=1S/C16H21F2N3O2/c1-20(2)5-3-4-19-16(23)11-6-15(22)21(10-11)14-8-12(17)7-13(18)9-14/h7-9,11H,3-6,10H2,1-2H3,(H,19,23). The summed E-state index contributed by atoms with van der Waals surface area (Å²) in [5.41, 5.74) is 0.149. The first kappa shape index (κ1) is 17.3. The van der Waals surface area contributed by atoms with Crippen LogP contribution >= 0.6 is 0 Å². The van der Waals surface area contributed by atoms with Crippen molar-refractivity contribution in [1.29, 1.82) is 0 Å². The summed E-state index contributed by atoms with van der Waals surface area (Å²) in [6, 6.07) is 2.94. The minimum absolute atomic E-state index is 0.0532. The van der Waals surface area contributed by atoms with Crippen molar-refractivity contribution in [3.8, 4) is 0 Å². The first-order valence-electron chi connectivity index (χ1n) is 7.55. The van der Waals surface area contributed by atoms with Crippen molar-refractivity contribution in [2.24, 2.45) is 5.92 Å². The van der Waals surface area contributed by atoms with Crippen LogP contribution in [0.4, 0.5) is 14.5 Å². The normalized spacial score (nSPS) is 17.9. The summed E-state index contributed by atoms with van der Waals surface area (Å²) in [6.45, 7) is 1.54. The number of halogens is 2. The molecule has 1 N–H and O–H groups in total. The van der Waals surface area contributed by atoms with E-state index < -0.39 is 17.6 Å². The molecule has 1 fully saturated rings. The van der Waals surface area contributed by atoms with Gasteiger partial charge in [-0.25, -0.2) is 8.78 Å². The number of amides is 2. The third-order valence-corrected chi connectivity index (χ3v) is 3.74.